The van der Waals surface area contributed by atoms with Crippen LogP contribution in [0.3, 0.4) is 0 Å². The second kappa shape index (κ2) is 7.04. The van der Waals surface area contributed by atoms with Crippen molar-refractivity contribution in [3.8, 4) is 0 Å². The van der Waals surface area contributed by atoms with Gasteiger partial charge in [0.1, 0.15) is 5.82 Å². The van der Waals surface area contributed by atoms with Gasteiger partial charge in [-0.1, -0.05) is 12.1 Å². The minimum Gasteiger partial charge on any atom is -0.322 e. The van der Waals surface area contributed by atoms with Gasteiger partial charge in [-0.25, -0.2) is 4.39 Å². The van der Waals surface area contributed by atoms with E-state index in [1.165, 1.54) is 0 Å². The zero-order chi connectivity index (χ0) is 17.0. The fraction of sp³-hybridized carbons (Fsp3) is 0.188. The van der Waals surface area contributed by atoms with E-state index in [1.54, 1.807) is 23.9 Å². The molecule has 0 aliphatic heterocycles. The molecular formula is C16H13F4NOS. The molecule has 0 spiro atoms. The van der Waals surface area contributed by atoms with Crippen LogP contribution in [0.15, 0.2) is 42.5 Å². The number of alkyl halides is 3. The van der Waals surface area contributed by atoms with Crippen molar-refractivity contribution in [3.05, 3.63) is 65.0 Å². The summed E-state index contributed by atoms with van der Waals surface area (Å²) < 4.78 is 51.2. The Morgan fingerprint density at radius 3 is 2.35 bits per heavy atom. The zero-order valence-corrected chi connectivity index (χ0v) is 12.9. The van der Waals surface area contributed by atoms with Crippen LogP contribution in [0.2, 0.25) is 0 Å². The highest BCUT2D eigenvalue weighted by molar-refractivity contribution is 7.97. The molecule has 2 aromatic rings. The standard InChI is InChI=1S/C16H13F4NOS/c1-23-9-10-2-5-12(6-3-10)21-15(22)11-4-7-14(17)13(8-11)16(18,19)20/h2-8H,9H2,1H3,(H,21,22). The number of hydrogen-bond acceptors (Lipinski definition) is 2. The molecule has 1 amide bonds. The first-order valence-corrected chi connectivity index (χ1v) is 7.96. The summed E-state index contributed by atoms with van der Waals surface area (Å²) in [6.45, 7) is 0. The summed E-state index contributed by atoms with van der Waals surface area (Å²) in [7, 11) is 0. The van der Waals surface area contributed by atoms with E-state index in [0.717, 1.165) is 17.4 Å². The van der Waals surface area contributed by atoms with Gasteiger partial charge in [-0.05, 0) is 42.2 Å². The Morgan fingerprint density at radius 2 is 1.78 bits per heavy atom. The van der Waals surface area contributed by atoms with Crippen molar-refractivity contribution >= 4 is 23.4 Å². The number of thioether (sulfide) groups is 1. The molecule has 2 aromatic carbocycles. The number of anilines is 1. The molecule has 23 heavy (non-hydrogen) atoms. The number of rotatable bonds is 4. The second-order valence-electron chi connectivity index (χ2n) is 4.78. The van der Waals surface area contributed by atoms with Gasteiger partial charge in [-0.2, -0.15) is 24.9 Å². The molecule has 0 heterocycles. The van der Waals surface area contributed by atoms with Crippen LogP contribution in [0.4, 0.5) is 23.2 Å². The Balaban J connectivity index is 2.17. The third-order valence-electron chi connectivity index (χ3n) is 3.06. The van der Waals surface area contributed by atoms with Crippen molar-refractivity contribution in [1.82, 2.24) is 0 Å². The lowest BCUT2D eigenvalue weighted by atomic mass is 10.1. The third-order valence-corrected chi connectivity index (χ3v) is 3.68. The van der Waals surface area contributed by atoms with Crippen molar-refractivity contribution in [1.29, 1.82) is 0 Å². The van der Waals surface area contributed by atoms with Crippen LogP contribution in [0, 0.1) is 5.82 Å². The molecule has 2 rings (SSSR count). The summed E-state index contributed by atoms with van der Waals surface area (Å²) >= 11 is 1.65. The molecule has 2 nitrogen and oxygen atoms in total. The highest BCUT2D eigenvalue weighted by Crippen LogP contribution is 2.32. The summed E-state index contributed by atoms with van der Waals surface area (Å²) in [4.78, 5) is 12.0. The molecule has 7 heteroatoms. The lowest BCUT2D eigenvalue weighted by molar-refractivity contribution is -0.140. The average molecular weight is 343 g/mol. The first-order valence-electron chi connectivity index (χ1n) is 6.57. The predicted molar refractivity (Wildman–Crippen MR) is 83.0 cm³/mol. The Bertz CT molecular complexity index is 698. The number of halogens is 4. The molecule has 0 fully saturated rings. The lowest BCUT2D eigenvalue weighted by Crippen LogP contribution is -2.15. The van der Waals surface area contributed by atoms with Gasteiger partial charge in [0, 0.05) is 17.0 Å². The van der Waals surface area contributed by atoms with E-state index in [-0.39, 0.29) is 5.56 Å². The van der Waals surface area contributed by atoms with Crippen molar-refractivity contribution < 1.29 is 22.4 Å². The molecular weight excluding hydrogens is 330 g/mol. The largest absolute Gasteiger partial charge is 0.419 e. The summed E-state index contributed by atoms with van der Waals surface area (Å²) in [5, 5.41) is 2.49. The maximum Gasteiger partial charge on any atom is 0.419 e. The van der Waals surface area contributed by atoms with Gasteiger partial charge < -0.3 is 5.32 Å². The minimum atomic E-state index is -4.85. The number of amides is 1. The van der Waals surface area contributed by atoms with E-state index in [2.05, 4.69) is 5.32 Å². The van der Waals surface area contributed by atoms with E-state index in [4.69, 9.17) is 0 Å². The van der Waals surface area contributed by atoms with Crippen LogP contribution in [0.25, 0.3) is 0 Å². The molecule has 0 aliphatic carbocycles. The lowest BCUT2D eigenvalue weighted by Gasteiger charge is -2.10. The van der Waals surface area contributed by atoms with Gasteiger partial charge >= 0.3 is 6.18 Å². The molecule has 122 valence electrons. The summed E-state index contributed by atoms with van der Waals surface area (Å²) in [6.07, 6.45) is -2.89. The van der Waals surface area contributed by atoms with Crippen LogP contribution >= 0.6 is 11.8 Å². The maximum absolute atomic E-state index is 13.2. The van der Waals surface area contributed by atoms with E-state index in [9.17, 15) is 22.4 Å². The van der Waals surface area contributed by atoms with Crippen LogP contribution in [0.5, 0.6) is 0 Å². The second-order valence-corrected chi connectivity index (χ2v) is 5.64. The molecule has 0 radical (unpaired) electrons. The van der Waals surface area contributed by atoms with Gasteiger partial charge in [0.25, 0.3) is 5.91 Å². The molecule has 0 bridgehead atoms. The van der Waals surface area contributed by atoms with Gasteiger partial charge in [-0.15, -0.1) is 0 Å². The topological polar surface area (TPSA) is 29.1 Å². The van der Waals surface area contributed by atoms with E-state index in [1.807, 2.05) is 18.4 Å². The molecule has 0 aromatic heterocycles. The SMILES string of the molecule is CSCc1ccc(NC(=O)c2ccc(F)c(C(F)(F)F)c2)cc1. The zero-order valence-electron chi connectivity index (χ0n) is 12.1. The van der Waals surface area contributed by atoms with Crippen molar-refractivity contribution in [2.75, 3.05) is 11.6 Å². The normalized spacial score (nSPS) is 11.3. The molecule has 1 N–H and O–H groups in total. The summed E-state index contributed by atoms with van der Waals surface area (Å²) in [5.41, 5.74) is -0.193. The monoisotopic (exact) mass is 343 g/mol. The van der Waals surface area contributed by atoms with Crippen LogP contribution < -0.4 is 5.32 Å². The van der Waals surface area contributed by atoms with E-state index >= 15 is 0 Å². The van der Waals surface area contributed by atoms with Crippen molar-refractivity contribution in [2.24, 2.45) is 0 Å². The van der Waals surface area contributed by atoms with Crippen molar-refractivity contribution in [2.45, 2.75) is 11.9 Å². The van der Waals surface area contributed by atoms with Gasteiger partial charge in [0.05, 0.1) is 5.56 Å². The third kappa shape index (κ3) is 4.48. The van der Waals surface area contributed by atoms with Crippen LogP contribution in [0.1, 0.15) is 21.5 Å². The molecule has 0 saturated heterocycles. The quantitative estimate of drug-likeness (QED) is 0.795. The van der Waals surface area contributed by atoms with Crippen molar-refractivity contribution in [3.63, 3.8) is 0 Å². The number of benzene rings is 2. The Kier molecular flexibility index (Phi) is 5.30. The molecule has 0 aliphatic rings. The van der Waals surface area contributed by atoms with Gasteiger partial charge in [-0.3, -0.25) is 4.79 Å². The van der Waals surface area contributed by atoms with E-state index < -0.39 is 23.5 Å². The maximum atomic E-state index is 13.2. The first kappa shape index (κ1) is 17.3. The first-order chi connectivity index (χ1) is 10.8. The summed E-state index contributed by atoms with van der Waals surface area (Å²) in [5.74, 6) is -1.32. The minimum absolute atomic E-state index is 0.257. The average Bonchev–Trinajstić information content (AvgIpc) is 2.48. The van der Waals surface area contributed by atoms with Gasteiger partial charge in [0.2, 0.25) is 0 Å². The number of carbonyl (C=O) groups is 1. The predicted octanol–water partition coefficient (Wildman–Crippen LogP) is 4.96. The smallest absolute Gasteiger partial charge is 0.322 e. The highest BCUT2D eigenvalue weighted by Gasteiger charge is 2.34. The Labute approximate surface area is 134 Å². The van der Waals surface area contributed by atoms with Crippen LogP contribution in [-0.4, -0.2) is 12.2 Å². The fourth-order valence-corrected chi connectivity index (χ4v) is 2.46. The fourth-order valence-electron chi connectivity index (χ4n) is 1.94. The van der Waals surface area contributed by atoms with Crippen LogP contribution in [-0.2, 0) is 11.9 Å². The number of hydrogen-bond donors (Lipinski definition) is 1. The van der Waals surface area contributed by atoms with E-state index in [0.29, 0.717) is 17.8 Å². The highest BCUT2D eigenvalue weighted by atomic mass is 32.2. The number of nitrogens with one attached hydrogen (secondary N) is 1. The molecule has 0 saturated carbocycles. The van der Waals surface area contributed by atoms with Gasteiger partial charge in [0.15, 0.2) is 0 Å². The molecule has 0 atom stereocenters. The Morgan fingerprint density at radius 1 is 1.13 bits per heavy atom. The number of carbonyl (C=O) groups excluding carboxylic acids is 1. The summed E-state index contributed by atoms with van der Waals surface area (Å²) in [6, 6.07) is 9.12. The molecule has 0 unspecified atom stereocenters. The Hall–Kier alpha value is -2.02.